The van der Waals surface area contributed by atoms with Gasteiger partial charge in [0.15, 0.2) is 0 Å². The molecule has 62 heavy (non-hydrogen) atoms. The molecule has 9 heteroatoms. The summed E-state index contributed by atoms with van der Waals surface area (Å²) in [4.78, 5) is 23.2. The summed E-state index contributed by atoms with van der Waals surface area (Å²) in [5.74, 6) is -0.187. The maximum absolute atomic E-state index is 12.9. The van der Waals surface area contributed by atoms with E-state index in [0.717, 1.165) is 38.5 Å². The van der Waals surface area contributed by atoms with Crippen molar-refractivity contribution in [3.05, 3.63) is 36.5 Å². The topological polar surface area (TPSA) is 105 Å². The number of rotatable bonds is 48. The molecule has 0 rings (SSSR count). The van der Waals surface area contributed by atoms with E-state index in [1.165, 1.54) is 186 Å². The van der Waals surface area contributed by atoms with E-state index < -0.39 is 20.0 Å². The molecule has 0 aromatic heterocycles. The zero-order chi connectivity index (χ0) is 45.7. The summed E-state index contributed by atoms with van der Waals surface area (Å²) in [6.45, 7) is 4.80. The molecule has 3 atom stereocenters. The van der Waals surface area contributed by atoms with E-state index in [1.807, 2.05) is 27.2 Å². The largest absolute Gasteiger partial charge is 0.472 e. The van der Waals surface area contributed by atoms with Gasteiger partial charge in [-0.2, -0.15) is 0 Å². The van der Waals surface area contributed by atoms with Crippen LogP contribution >= 0.6 is 7.82 Å². The van der Waals surface area contributed by atoms with E-state index in [4.69, 9.17) is 9.05 Å². The van der Waals surface area contributed by atoms with Gasteiger partial charge in [-0.25, -0.2) is 4.57 Å². The van der Waals surface area contributed by atoms with E-state index in [1.54, 1.807) is 6.08 Å². The minimum absolute atomic E-state index is 0.0564. The van der Waals surface area contributed by atoms with Crippen LogP contribution in [0.3, 0.4) is 0 Å². The van der Waals surface area contributed by atoms with Gasteiger partial charge in [0.2, 0.25) is 5.91 Å². The van der Waals surface area contributed by atoms with Crippen LogP contribution in [0, 0.1) is 0 Å². The van der Waals surface area contributed by atoms with Gasteiger partial charge >= 0.3 is 7.82 Å². The minimum atomic E-state index is -4.35. The lowest BCUT2D eigenvalue weighted by atomic mass is 10.0. The molecule has 0 saturated carbocycles. The van der Waals surface area contributed by atoms with Crippen LogP contribution in [0.4, 0.5) is 0 Å². The summed E-state index contributed by atoms with van der Waals surface area (Å²) in [6, 6.07) is -0.862. The van der Waals surface area contributed by atoms with Crippen molar-refractivity contribution in [1.29, 1.82) is 0 Å². The van der Waals surface area contributed by atoms with Gasteiger partial charge in [0.1, 0.15) is 13.2 Å². The third-order valence-corrected chi connectivity index (χ3v) is 12.8. The molecule has 0 aromatic rings. The number of carbonyl (C=O) groups is 1. The van der Waals surface area contributed by atoms with Gasteiger partial charge in [-0.15, -0.1) is 0 Å². The van der Waals surface area contributed by atoms with Crippen LogP contribution in [0.5, 0.6) is 0 Å². The zero-order valence-corrected chi connectivity index (χ0v) is 42.5. The average Bonchev–Trinajstić information content (AvgIpc) is 3.23. The Kier molecular flexibility index (Phi) is 44.0. The number of likely N-dealkylation sites (N-methyl/N-ethyl adjacent to an activating group) is 1. The second-order valence-electron chi connectivity index (χ2n) is 19.2. The molecule has 3 unspecified atom stereocenters. The van der Waals surface area contributed by atoms with Gasteiger partial charge in [0.25, 0.3) is 0 Å². The van der Waals surface area contributed by atoms with Crippen LogP contribution in [-0.2, 0) is 18.4 Å². The van der Waals surface area contributed by atoms with Gasteiger partial charge in [-0.05, 0) is 57.8 Å². The number of allylic oxidation sites excluding steroid dienone is 5. The van der Waals surface area contributed by atoms with Crippen LogP contribution in [-0.4, -0.2) is 73.4 Å². The van der Waals surface area contributed by atoms with E-state index in [0.29, 0.717) is 17.4 Å². The summed E-state index contributed by atoms with van der Waals surface area (Å²) < 4.78 is 23.6. The van der Waals surface area contributed by atoms with Gasteiger partial charge < -0.3 is 19.8 Å². The number of phosphoric acid groups is 1. The molecule has 0 aromatic carbocycles. The van der Waals surface area contributed by atoms with Crippen LogP contribution in [0.15, 0.2) is 36.5 Å². The van der Waals surface area contributed by atoms with E-state index in [2.05, 4.69) is 43.5 Å². The number of carbonyl (C=O) groups excluding carboxylic acids is 1. The monoisotopic (exact) mass is 896 g/mol. The maximum atomic E-state index is 12.9. The fraction of sp³-hybridized carbons (Fsp3) is 0.868. The maximum Gasteiger partial charge on any atom is 0.472 e. The van der Waals surface area contributed by atoms with Crippen molar-refractivity contribution >= 4 is 13.7 Å². The Morgan fingerprint density at radius 1 is 0.532 bits per heavy atom. The highest BCUT2D eigenvalue weighted by Gasteiger charge is 2.27. The van der Waals surface area contributed by atoms with Crippen LogP contribution in [0.1, 0.15) is 245 Å². The summed E-state index contributed by atoms with van der Waals surface area (Å²) in [5.41, 5.74) is 0. The van der Waals surface area contributed by atoms with Crippen molar-refractivity contribution in [2.45, 2.75) is 257 Å². The molecule has 8 nitrogen and oxygen atoms in total. The van der Waals surface area contributed by atoms with Crippen molar-refractivity contribution in [2.75, 3.05) is 40.9 Å². The highest BCUT2D eigenvalue weighted by atomic mass is 31.2. The average molecular weight is 896 g/mol. The summed E-state index contributed by atoms with van der Waals surface area (Å²) in [6.07, 6.45) is 56.7. The van der Waals surface area contributed by atoms with Crippen molar-refractivity contribution < 1.29 is 32.9 Å². The number of aliphatic hydroxyl groups excluding tert-OH is 1. The lowest BCUT2D eigenvalue weighted by Crippen LogP contribution is -2.45. The number of unbranched alkanes of at least 4 members (excludes halogenated alkanes) is 31. The smallest absolute Gasteiger partial charge is 0.387 e. The molecule has 0 spiro atoms. The lowest BCUT2D eigenvalue weighted by molar-refractivity contribution is -0.870. The third-order valence-electron chi connectivity index (χ3n) is 11.8. The molecule has 366 valence electrons. The summed E-state index contributed by atoms with van der Waals surface area (Å²) >= 11 is 0. The van der Waals surface area contributed by atoms with Crippen LogP contribution < -0.4 is 5.32 Å². The molecular formula is C53H104N2O6P+. The first kappa shape index (κ1) is 60.7. The van der Waals surface area contributed by atoms with Crippen molar-refractivity contribution in [3.63, 3.8) is 0 Å². The third kappa shape index (κ3) is 46.7. The van der Waals surface area contributed by atoms with E-state index in [9.17, 15) is 19.4 Å². The lowest BCUT2D eigenvalue weighted by Gasteiger charge is -2.25. The zero-order valence-electron chi connectivity index (χ0n) is 41.6. The number of aliphatic hydroxyl groups is 1. The number of nitrogens with one attached hydrogen (secondary N) is 1. The standard InChI is InChI=1S/C53H103N2O6P/c1-6-8-10-12-14-16-18-20-21-22-23-24-25-26-27-28-29-30-31-32-33-35-37-39-41-43-45-47-53(57)54-51(50-61-62(58,59)60-49-48-55(3,4)5)52(56)46-44-42-40-38-36-34-19-17-15-13-11-9-7-2/h26-27,36,38,44,46,51-52,56H,6-25,28-35,37,39-43,45,47-50H2,1-5H3,(H-,54,57,58,59)/p+1/b27-26-,38-36+,46-44+. The molecule has 3 N–H and O–H groups in total. The summed E-state index contributed by atoms with van der Waals surface area (Å²) in [7, 11) is 1.56. The van der Waals surface area contributed by atoms with Gasteiger partial charge in [0.05, 0.1) is 39.9 Å². The second kappa shape index (κ2) is 44.9. The normalized spacial score (nSPS) is 14.4. The molecule has 0 bridgehead atoms. The van der Waals surface area contributed by atoms with Crippen molar-refractivity contribution in [3.8, 4) is 0 Å². The number of hydrogen-bond acceptors (Lipinski definition) is 5. The highest BCUT2D eigenvalue weighted by molar-refractivity contribution is 7.47. The molecule has 0 radical (unpaired) electrons. The predicted octanol–water partition coefficient (Wildman–Crippen LogP) is 15.4. The Balaban J connectivity index is 4.17. The first-order chi connectivity index (χ1) is 30.0. The predicted molar refractivity (Wildman–Crippen MR) is 268 cm³/mol. The molecule has 1 amide bonds. The van der Waals surface area contributed by atoms with Gasteiger partial charge in [-0.1, -0.05) is 217 Å². The fourth-order valence-electron chi connectivity index (χ4n) is 7.64. The van der Waals surface area contributed by atoms with E-state index in [-0.39, 0.29) is 19.1 Å². The number of nitrogens with zero attached hydrogens (tertiary/aromatic N) is 1. The molecule has 0 aliphatic rings. The number of amides is 1. The van der Waals surface area contributed by atoms with Crippen LogP contribution in [0.2, 0.25) is 0 Å². The fourth-order valence-corrected chi connectivity index (χ4v) is 8.38. The Hall–Kier alpha value is -1.28. The Bertz CT molecular complexity index is 1110. The number of phosphoric ester groups is 1. The number of hydrogen-bond donors (Lipinski definition) is 3. The molecular weight excluding hydrogens is 792 g/mol. The Labute approximate surface area is 385 Å². The quantitative estimate of drug-likeness (QED) is 0.0243. The minimum Gasteiger partial charge on any atom is -0.387 e. The Morgan fingerprint density at radius 2 is 0.887 bits per heavy atom. The molecule has 0 aliphatic heterocycles. The van der Waals surface area contributed by atoms with Gasteiger partial charge in [0, 0.05) is 6.42 Å². The first-order valence-corrected chi connectivity index (χ1v) is 27.9. The molecule has 0 heterocycles. The van der Waals surface area contributed by atoms with Crippen LogP contribution in [0.25, 0.3) is 0 Å². The molecule has 0 saturated heterocycles. The number of quaternary nitrogens is 1. The SMILES string of the molecule is CCCCCCCCC/C=C/CC/C=C/C(O)C(COP(=O)(O)OCC[N+](C)(C)C)NC(=O)CCCCCCCCCCCCC/C=C\CCCCCCCCCCCCCC. The Morgan fingerprint density at radius 3 is 1.29 bits per heavy atom. The summed E-state index contributed by atoms with van der Waals surface area (Å²) in [5, 5.41) is 13.8. The highest BCUT2D eigenvalue weighted by Crippen LogP contribution is 2.43. The molecule has 0 fully saturated rings. The first-order valence-electron chi connectivity index (χ1n) is 26.4. The molecule has 0 aliphatic carbocycles. The van der Waals surface area contributed by atoms with Gasteiger partial charge in [-0.3, -0.25) is 13.8 Å². The van der Waals surface area contributed by atoms with E-state index >= 15 is 0 Å². The van der Waals surface area contributed by atoms with Crippen molar-refractivity contribution in [1.82, 2.24) is 5.32 Å². The van der Waals surface area contributed by atoms with Crippen molar-refractivity contribution in [2.24, 2.45) is 0 Å². The second-order valence-corrected chi connectivity index (χ2v) is 20.7.